The molecular weight excluding hydrogens is 224 g/mol. The van der Waals surface area contributed by atoms with Gasteiger partial charge in [0.1, 0.15) is 0 Å². The van der Waals surface area contributed by atoms with Crippen molar-refractivity contribution in [2.45, 2.75) is 31.2 Å². The molecule has 1 heterocycles. The minimum absolute atomic E-state index is 0. The van der Waals surface area contributed by atoms with Gasteiger partial charge in [0.2, 0.25) is 0 Å². The highest BCUT2D eigenvalue weighted by molar-refractivity contribution is 5.85. The summed E-state index contributed by atoms with van der Waals surface area (Å²) < 4.78 is 31.4. The molecule has 0 aromatic heterocycles. The summed E-state index contributed by atoms with van der Waals surface area (Å²) in [7, 11) is 1.49. The molecule has 1 aliphatic carbocycles. The van der Waals surface area contributed by atoms with E-state index in [9.17, 15) is 8.78 Å². The smallest absolute Gasteiger partial charge is 0.258 e. The zero-order valence-electron chi connectivity index (χ0n) is 8.84. The fourth-order valence-electron chi connectivity index (χ4n) is 2.54. The Hall–Kier alpha value is 0.0700. The van der Waals surface area contributed by atoms with Gasteiger partial charge in [-0.05, 0) is 19.4 Å². The highest BCUT2D eigenvalue weighted by Gasteiger charge is 2.70. The van der Waals surface area contributed by atoms with Crippen molar-refractivity contribution in [3.8, 4) is 0 Å². The van der Waals surface area contributed by atoms with Crippen LogP contribution in [0.3, 0.4) is 0 Å². The van der Waals surface area contributed by atoms with Crippen molar-refractivity contribution in [2.24, 2.45) is 11.8 Å². The topological polar surface area (TPSA) is 21.3 Å². The summed E-state index contributed by atoms with van der Waals surface area (Å²) in [4.78, 5) is 0. The SMILES string of the molecule is COCC1C(C2CCCCN2)C1(F)F.Cl. The molecule has 5 heteroatoms. The number of methoxy groups -OCH3 is 1. The molecule has 1 saturated carbocycles. The maximum Gasteiger partial charge on any atom is 0.258 e. The van der Waals surface area contributed by atoms with Gasteiger partial charge in [0.15, 0.2) is 0 Å². The van der Waals surface area contributed by atoms with Crippen molar-refractivity contribution < 1.29 is 13.5 Å². The predicted molar refractivity (Wildman–Crippen MR) is 56.7 cm³/mol. The fourth-order valence-corrected chi connectivity index (χ4v) is 2.54. The van der Waals surface area contributed by atoms with Crippen LogP contribution in [0.1, 0.15) is 19.3 Å². The van der Waals surface area contributed by atoms with Gasteiger partial charge < -0.3 is 10.1 Å². The maximum absolute atomic E-state index is 13.3. The molecule has 0 amide bonds. The van der Waals surface area contributed by atoms with E-state index in [1.807, 2.05) is 0 Å². The van der Waals surface area contributed by atoms with Crippen LogP contribution in [0.4, 0.5) is 8.78 Å². The Kier molecular flexibility index (Phi) is 4.32. The summed E-state index contributed by atoms with van der Waals surface area (Å²) in [6.45, 7) is 1.08. The third-order valence-electron chi connectivity index (χ3n) is 3.39. The van der Waals surface area contributed by atoms with Crippen molar-refractivity contribution in [1.82, 2.24) is 5.32 Å². The van der Waals surface area contributed by atoms with Crippen molar-refractivity contribution in [2.75, 3.05) is 20.3 Å². The van der Waals surface area contributed by atoms with Crippen LogP contribution < -0.4 is 5.32 Å². The summed E-state index contributed by atoms with van der Waals surface area (Å²) in [6, 6.07) is 0.0129. The Balaban J connectivity index is 0.00000112. The molecule has 0 aromatic carbocycles. The van der Waals surface area contributed by atoms with Gasteiger partial charge in [-0.3, -0.25) is 0 Å². The zero-order valence-corrected chi connectivity index (χ0v) is 9.66. The monoisotopic (exact) mass is 241 g/mol. The van der Waals surface area contributed by atoms with E-state index < -0.39 is 17.8 Å². The van der Waals surface area contributed by atoms with Crippen molar-refractivity contribution in [3.05, 3.63) is 0 Å². The zero-order chi connectivity index (χ0) is 10.2. The van der Waals surface area contributed by atoms with Gasteiger partial charge in [-0.2, -0.15) is 0 Å². The Morgan fingerprint density at radius 2 is 2.13 bits per heavy atom. The van der Waals surface area contributed by atoms with Gasteiger partial charge in [0.25, 0.3) is 5.92 Å². The average Bonchev–Trinajstić information content (AvgIpc) is 2.71. The first-order chi connectivity index (χ1) is 6.68. The van der Waals surface area contributed by atoms with E-state index in [2.05, 4.69) is 5.32 Å². The van der Waals surface area contributed by atoms with Crippen LogP contribution in [0, 0.1) is 11.8 Å². The van der Waals surface area contributed by atoms with Gasteiger partial charge in [-0.1, -0.05) is 6.42 Å². The normalized spacial score (nSPS) is 38.2. The molecule has 2 aliphatic rings. The maximum atomic E-state index is 13.3. The lowest BCUT2D eigenvalue weighted by Gasteiger charge is -2.23. The Labute approximate surface area is 95.2 Å². The first-order valence-electron chi connectivity index (χ1n) is 5.28. The van der Waals surface area contributed by atoms with Crippen LogP contribution in [-0.4, -0.2) is 32.2 Å². The molecule has 2 nitrogen and oxygen atoms in total. The molecule has 3 unspecified atom stereocenters. The molecule has 1 aliphatic heterocycles. The molecule has 90 valence electrons. The summed E-state index contributed by atoms with van der Waals surface area (Å²) in [5, 5.41) is 3.19. The van der Waals surface area contributed by atoms with Gasteiger partial charge in [-0.25, -0.2) is 8.78 Å². The standard InChI is InChI=1S/C10H17F2NO.ClH/c1-14-6-7-9(10(7,11)12)8-4-2-3-5-13-8;/h7-9,13H,2-6H2,1H3;1H. The highest BCUT2D eigenvalue weighted by atomic mass is 35.5. The minimum atomic E-state index is -2.50. The number of halogens is 3. The van der Waals surface area contributed by atoms with Crippen molar-refractivity contribution >= 4 is 12.4 Å². The summed E-state index contributed by atoms with van der Waals surface area (Å²) in [5.41, 5.74) is 0. The van der Waals surface area contributed by atoms with Gasteiger partial charge in [0, 0.05) is 19.1 Å². The molecule has 2 rings (SSSR count). The van der Waals surface area contributed by atoms with E-state index >= 15 is 0 Å². The van der Waals surface area contributed by atoms with E-state index in [0.717, 1.165) is 25.8 Å². The minimum Gasteiger partial charge on any atom is -0.384 e. The highest BCUT2D eigenvalue weighted by Crippen LogP contribution is 2.57. The molecule has 1 N–H and O–H groups in total. The number of rotatable bonds is 3. The summed E-state index contributed by atoms with van der Waals surface area (Å²) >= 11 is 0. The van der Waals surface area contributed by atoms with E-state index in [1.165, 1.54) is 7.11 Å². The molecule has 0 radical (unpaired) electrons. The summed E-state index contributed by atoms with van der Waals surface area (Å²) in [6.07, 6.45) is 3.08. The Morgan fingerprint density at radius 3 is 2.67 bits per heavy atom. The third kappa shape index (κ3) is 2.43. The molecule has 2 fully saturated rings. The van der Waals surface area contributed by atoms with Crippen LogP contribution in [0.15, 0.2) is 0 Å². The van der Waals surface area contributed by atoms with Crippen LogP contribution in [0.25, 0.3) is 0 Å². The Morgan fingerprint density at radius 1 is 1.40 bits per heavy atom. The number of hydrogen-bond acceptors (Lipinski definition) is 2. The van der Waals surface area contributed by atoms with Crippen molar-refractivity contribution in [3.63, 3.8) is 0 Å². The molecule has 3 atom stereocenters. The first kappa shape index (κ1) is 13.1. The van der Waals surface area contributed by atoms with Gasteiger partial charge in [0.05, 0.1) is 12.5 Å². The van der Waals surface area contributed by atoms with Crippen molar-refractivity contribution in [1.29, 1.82) is 0 Å². The third-order valence-corrected chi connectivity index (χ3v) is 3.39. The predicted octanol–water partition coefficient (Wildman–Crippen LogP) is 2.08. The number of hydrogen-bond donors (Lipinski definition) is 1. The van der Waals surface area contributed by atoms with E-state index in [-0.39, 0.29) is 25.1 Å². The fraction of sp³-hybridized carbons (Fsp3) is 1.00. The quantitative estimate of drug-likeness (QED) is 0.817. The van der Waals surface area contributed by atoms with Gasteiger partial charge in [-0.15, -0.1) is 12.4 Å². The molecule has 1 saturated heterocycles. The molecule has 15 heavy (non-hydrogen) atoms. The van der Waals surface area contributed by atoms with Gasteiger partial charge >= 0.3 is 0 Å². The number of alkyl halides is 2. The van der Waals surface area contributed by atoms with Crippen LogP contribution in [0.2, 0.25) is 0 Å². The Bertz CT molecular complexity index is 210. The lowest BCUT2D eigenvalue weighted by Crippen LogP contribution is -2.37. The average molecular weight is 242 g/mol. The number of piperidine rings is 1. The van der Waals surface area contributed by atoms with E-state index in [1.54, 1.807) is 0 Å². The largest absolute Gasteiger partial charge is 0.384 e. The van der Waals surface area contributed by atoms with E-state index in [0.29, 0.717) is 0 Å². The molecular formula is C10H18ClF2NO. The second kappa shape index (κ2) is 4.93. The molecule has 0 bridgehead atoms. The second-order valence-electron chi connectivity index (χ2n) is 4.32. The number of nitrogens with one attached hydrogen (secondary N) is 1. The van der Waals surface area contributed by atoms with Crippen LogP contribution in [-0.2, 0) is 4.74 Å². The number of ether oxygens (including phenoxy) is 1. The van der Waals surface area contributed by atoms with Crippen LogP contribution >= 0.6 is 12.4 Å². The molecule has 0 spiro atoms. The van der Waals surface area contributed by atoms with Crippen LogP contribution in [0.5, 0.6) is 0 Å². The lowest BCUT2D eigenvalue weighted by atomic mass is 9.99. The second-order valence-corrected chi connectivity index (χ2v) is 4.32. The molecule has 0 aromatic rings. The lowest BCUT2D eigenvalue weighted by molar-refractivity contribution is 0.0591. The first-order valence-corrected chi connectivity index (χ1v) is 5.28. The van der Waals surface area contributed by atoms with E-state index in [4.69, 9.17) is 4.74 Å². The summed E-state index contributed by atoms with van der Waals surface area (Å²) in [5.74, 6) is -3.53.